The summed E-state index contributed by atoms with van der Waals surface area (Å²) in [5.41, 5.74) is 4.14. The SMILES string of the molecule is Cc1cc(-c2ccccc2)n(-c2ccc3c(c2)OCO3)n1. The molecule has 0 spiro atoms. The van der Waals surface area contributed by atoms with Crippen molar-refractivity contribution in [1.82, 2.24) is 9.78 Å². The molecule has 2 heterocycles. The Balaban J connectivity index is 1.86. The van der Waals surface area contributed by atoms with Crippen LogP contribution in [-0.2, 0) is 0 Å². The summed E-state index contributed by atoms with van der Waals surface area (Å²) in [5.74, 6) is 1.54. The molecule has 4 heteroatoms. The van der Waals surface area contributed by atoms with Gasteiger partial charge in [-0.1, -0.05) is 30.3 Å². The van der Waals surface area contributed by atoms with Gasteiger partial charge in [-0.3, -0.25) is 0 Å². The average Bonchev–Trinajstić information content (AvgIpc) is 3.13. The zero-order valence-electron chi connectivity index (χ0n) is 11.6. The summed E-state index contributed by atoms with van der Waals surface area (Å²) >= 11 is 0. The van der Waals surface area contributed by atoms with E-state index < -0.39 is 0 Å². The second kappa shape index (κ2) is 4.66. The molecule has 1 aliphatic heterocycles. The predicted molar refractivity (Wildman–Crippen MR) is 79.9 cm³/mol. The third-order valence-corrected chi connectivity index (χ3v) is 3.50. The van der Waals surface area contributed by atoms with Crippen molar-refractivity contribution in [3.8, 4) is 28.4 Å². The fraction of sp³-hybridized carbons (Fsp3) is 0.118. The van der Waals surface area contributed by atoms with Crippen molar-refractivity contribution in [2.24, 2.45) is 0 Å². The summed E-state index contributed by atoms with van der Waals surface area (Å²) in [6.45, 7) is 2.28. The van der Waals surface area contributed by atoms with Crippen molar-refractivity contribution >= 4 is 0 Å². The number of benzene rings is 2. The minimum Gasteiger partial charge on any atom is -0.454 e. The number of rotatable bonds is 2. The summed E-state index contributed by atoms with van der Waals surface area (Å²) < 4.78 is 12.7. The van der Waals surface area contributed by atoms with Gasteiger partial charge in [-0.05, 0) is 25.1 Å². The Morgan fingerprint density at radius 2 is 1.76 bits per heavy atom. The van der Waals surface area contributed by atoms with E-state index in [0.717, 1.165) is 34.1 Å². The highest BCUT2D eigenvalue weighted by Crippen LogP contribution is 2.34. The van der Waals surface area contributed by atoms with Crippen molar-refractivity contribution < 1.29 is 9.47 Å². The molecule has 4 nitrogen and oxygen atoms in total. The summed E-state index contributed by atoms with van der Waals surface area (Å²) in [7, 11) is 0. The highest BCUT2D eigenvalue weighted by atomic mass is 16.7. The zero-order valence-corrected chi connectivity index (χ0v) is 11.6. The predicted octanol–water partition coefficient (Wildman–Crippen LogP) is 3.58. The van der Waals surface area contributed by atoms with Crippen molar-refractivity contribution in [3.63, 3.8) is 0 Å². The summed E-state index contributed by atoms with van der Waals surface area (Å²) in [6.07, 6.45) is 0. The fourth-order valence-corrected chi connectivity index (χ4v) is 2.53. The highest BCUT2D eigenvalue weighted by molar-refractivity contribution is 5.63. The summed E-state index contributed by atoms with van der Waals surface area (Å²) in [5, 5.41) is 4.60. The maximum absolute atomic E-state index is 5.45. The van der Waals surface area contributed by atoms with Crippen LogP contribution in [-0.4, -0.2) is 16.6 Å². The summed E-state index contributed by atoms with van der Waals surface area (Å²) in [4.78, 5) is 0. The number of aromatic nitrogens is 2. The van der Waals surface area contributed by atoms with E-state index in [4.69, 9.17) is 9.47 Å². The molecule has 0 amide bonds. The van der Waals surface area contributed by atoms with Crippen LogP contribution >= 0.6 is 0 Å². The maximum atomic E-state index is 5.45. The fourth-order valence-electron chi connectivity index (χ4n) is 2.53. The Hall–Kier alpha value is -2.75. The van der Waals surface area contributed by atoms with Gasteiger partial charge in [-0.25, -0.2) is 4.68 Å². The lowest BCUT2D eigenvalue weighted by molar-refractivity contribution is 0.174. The van der Waals surface area contributed by atoms with E-state index >= 15 is 0 Å². The Morgan fingerprint density at radius 1 is 0.952 bits per heavy atom. The van der Waals surface area contributed by atoms with Crippen LogP contribution < -0.4 is 9.47 Å². The van der Waals surface area contributed by atoms with Gasteiger partial charge in [-0.15, -0.1) is 0 Å². The standard InChI is InChI=1S/C17H14N2O2/c1-12-9-15(13-5-3-2-4-6-13)19(18-12)14-7-8-16-17(10-14)21-11-20-16/h2-10H,11H2,1H3. The third-order valence-electron chi connectivity index (χ3n) is 3.50. The molecule has 3 aromatic rings. The highest BCUT2D eigenvalue weighted by Gasteiger charge is 2.16. The van der Waals surface area contributed by atoms with Crippen molar-refractivity contribution in [3.05, 3.63) is 60.3 Å². The molecular formula is C17H14N2O2. The van der Waals surface area contributed by atoms with E-state index in [1.165, 1.54) is 0 Å². The largest absolute Gasteiger partial charge is 0.454 e. The Bertz CT molecular complexity index is 794. The molecule has 0 bridgehead atoms. The van der Waals surface area contributed by atoms with Crippen molar-refractivity contribution in [1.29, 1.82) is 0 Å². The molecule has 21 heavy (non-hydrogen) atoms. The Kier molecular flexibility index (Phi) is 2.67. The molecule has 2 aromatic carbocycles. The molecule has 0 atom stereocenters. The van der Waals surface area contributed by atoms with Crippen LogP contribution in [0.5, 0.6) is 11.5 Å². The molecule has 0 radical (unpaired) electrons. The molecular weight excluding hydrogens is 264 g/mol. The van der Waals surface area contributed by atoms with Gasteiger partial charge in [0.2, 0.25) is 6.79 Å². The molecule has 0 saturated heterocycles. The zero-order chi connectivity index (χ0) is 14.2. The minimum atomic E-state index is 0.280. The van der Waals surface area contributed by atoms with Gasteiger partial charge in [-0.2, -0.15) is 5.10 Å². The summed E-state index contributed by atoms with van der Waals surface area (Å²) in [6, 6.07) is 18.2. The molecule has 0 N–H and O–H groups in total. The van der Waals surface area contributed by atoms with E-state index in [-0.39, 0.29) is 6.79 Å². The quantitative estimate of drug-likeness (QED) is 0.719. The van der Waals surface area contributed by atoms with Gasteiger partial charge in [0, 0.05) is 11.6 Å². The Morgan fingerprint density at radius 3 is 2.62 bits per heavy atom. The van der Waals surface area contributed by atoms with E-state index in [2.05, 4.69) is 23.3 Å². The molecule has 0 unspecified atom stereocenters. The lowest BCUT2D eigenvalue weighted by atomic mass is 10.1. The van der Waals surface area contributed by atoms with Crippen molar-refractivity contribution in [2.75, 3.05) is 6.79 Å². The number of aryl methyl sites for hydroxylation is 1. The number of hydrogen-bond donors (Lipinski definition) is 0. The topological polar surface area (TPSA) is 36.3 Å². The van der Waals surface area contributed by atoms with Crippen LogP contribution in [0.25, 0.3) is 16.9 Å². The first-order valence-electron chi connectivity index (χ1n) is 6.83. The van der Waals surface area contributed by atoms with E-state index in [0.29, 0.717) is 0 Å². The molecule has 4 rings (SSSR count). The van der Waals surface area contributed by atoms with Gasteiger partial charge in [0.25, 0.3) is 0 Å². The second-order valence-electron chi connectivity index (χ2n) is 4.99. The van der Waals surface area contributed by atoms with Gasteiger partial charge >= 0.3 is 0 Å². The van der Waals surface area contributed by atoms with Gasteiger partial charge in [0.05, 0.1) is 17.1 Å². The first-order valence-corrected chi connectivity index (χ1v) is 6.83. The maximum Gasteiger partial charge on any atom is 0.231 e. The smallest absolute Gasteiger partial charge is 0.231 e. The van der Waals surface area contributed by atoms with Crippen LogP contribution in [0, 0.1) is 6.92 Å². The lowest BCUT2D eigenvalue weighted by Gasteiger charge is -2.08. The molecule has 0 aliphatic carbocycles. The first kappa shape index (κ1) is 12.0. The third kappa shape index (κ3) is 2.05. The lowest BCUT2D eigenvalue weighted by Crippen LogP contribution is -1.99. The average molecular weight is 278 g/mol. The van der Waals surface area contributed by atoms with E-state index in [1.807, 2.05) is 48.0 Å². The first-order chi connectivity index (χ1) is 10.3. The minimum absolute atomic E-state index is 0.280. The molecule has 1 aliphatic rings. The van der Waals surface area contributed by atoms with Gasteiger partial charge < -0.3 is 9.47 Å². The van der Waals surface area contributed by atoms with Crippen molar-refractivity contribution in [2.45, 2.75) is 6.92 Å². The Labute approximate surface area is 122 Å². The number of hydrogen-bond acceptors (Lipinski definition) is 3. The van der Waals surface area contributed by atoms with Gasteiger partial charge in [0.1, 0.15) is 0 Å². The number of ether oxygens (including phenoxy) is 2. The normalized spacial score (nSPS) is 12.6. The molecule has 104 valence electrons. The van der Waals surface area contributed by atoms with Crippen LogP contribution in [0.4, 0.5) is 0 Å². The molecule has 1 aromatic heterocycles. The second-order valence-corrected chi connectivity index (χ2v) is 4.99. The van der Waals surface area contributed by atoms with Crippen LogP contribution in [0.2, 0.25) is 0 Å². The number of nitrogens with zero attached hydrogens (tertiary/aromatic N) is 2. The van der Waals surface area contributed by atoms with Crippen LogP contribution in [0.15, 0.2) is 54.6 Å². The van der Waals surface area contributed by atoms with Crippen LogP contribution in [0.1, 0.15) is 5.69 Å². The molecule has 0 fully saturated rings. The monoisotopic (exact) mass is 278 g/mol. The molecule has 0 saturated carbocycles. The van der Waals surface area contributed by atoms with E-state index in [9.17, 15) is 0 Å². The van der Waals surface area contributed by atoms with E-state index in [1.54, 1.807) is 0 Å². The van der Waals surface area contributed by atoms with Crippen LogP contribution in [0.3, 0.4) is 0 Å². The number of fused-ring (bicyclic) bond motifs is 1. The van der Waals surface area contributed by atoms with Gasteiger partial charge in [0.15, 0.2) is 11.5 Å².